The van der Waals surface area contributed by atoms with Crippen molar-refractivity contribution < 1.29 is 14.9 Å². The lowest BCUT2D eigenvalue weighted by Crippen LogP contribution is -2.19. The summed E-state index contributed by atoms with van der Waals surface area (Å²) in [6.07, 6.45) is 7.52. The Balaban J connectivity index is 1.69. The molecule has 6 atom stereocenters. The zero-order valence-corrected chi connectivity index (χ0v) is 18.6. The van der Waals surface area contributed by atoms with Crippen LogP contribution in [-0.2, 0) is 6.42 Å². The second-order valence-corrected chi connectivity index (χ2v) is 8.69. The van der Waals surface area contributed by atoms with Gasteiger partial charge in [-0.2, -0.15) is 0 Å². The maximum absolute atomic E-state index is 10.7. The van der Waals surface area contributed by atoms with E-state index >= 15 is 0 Å². The number of unbranched alkanes of at least 4 members (excludes halogenated alkanes) is 1. The van der Waals surface area contributed by atoms with Gasteiger partial charge in [-0.1, -0.05) is 44.2 Å². The highest BCUT2D eigenvalue weighted by Gasteiger charge is 2.48. The van der Waals surface area contributed by atoms with Gasteiger partial charge in [0.2, 0.25) is 0 Å². The van der Waals surface area contributed by atoms with Gasteiger partial charge in [-0.25, -0.2) is 0 Å². The van der Waals surface area contributed by atoms with E-state index in [0.717, 1.165) is 38.1 Å². The number of fused-ring (bicyclic) bond motifs is 3. The molecular weight excluding hydrogens is 374 g/mol. The van der Waals surface area contributed by atoms with E-state index < -0.39 is 12.2 Å². The number of benzene rings is 1. The van der Waals surface area contributed by atoms with Crippen molar-refractivity contribution in [2.45, 2.75) is 77.1 Å². The van der Waals surface area contributed by atoms with Crippen LogP contribution in [0.5, 0.6) is 5.75 Å². The molecule has 0 bridgehead atoms. The Hall–Kier alpha value is -1.80. The molecule has 1 fully saturated rings. The lowest BCUT2D eigenvalue weighted by molar-refractivity contribution is 0.134. The first-order chi connectivity index (χ1) is 14.6. The minimum Gasteiger partial charge on any atom is -0.489 e. The number of aryl methyl sites for hydroxylation is 1. The Morgan fingerprint density at radius 3 is 2.93 bits per heavy atom. The Kier molecular flexibility index (Phi) is 8.39. The van der Waals surface area contributed by atoms with Crippen LogP contribution >= 0.6 is 0 Å². The average Bonchev–Trinajstić information content (AvgIpc) is 3.25. The maximum atomic E-state index is 10.7. The van der Waals surface area contributed by atoms with Crippen LogP contribution in [0, 0.1) is 23.7 Å². The van der Waals surface area contributed by atoms with Crippen molar-refractivity contribution in [3.05, 3.63) is 41.5 Å². The highest BCUT2D eigenvalue weighted by Crippen LogP contribution is 2.52. The number of ether oxygens (including phenoxy) is 1. The summed E-state index contributed by atoms with van der Waals surface area (Å²) in [5, 5.41) is 24.5. The molecule has 30 heavy (non-hydrogen) atoms. The molecule has 3 rings (SSSR count). The molecule has 4 heteroatoms. The van der Waals surface area contributed by atoms with Crippen molar-refractivity contribution in [1.29, 1.82) is 0 Å². The summed E-state index contributed by atoms with van der Waals surface area (Å²) in [7, 11) is 0. The molecule has 0 aromatic heterocycles. The summed E-state index contributed by atoms with van der Waals surface area (Å²) in [6, 6.07) is 6.45. The Labute approximate surface area is 181 Å². The summed E-state index contributed by atoms with van der Waals surface area (Å²) < 4.78 is 6.36. The van der Waals surface area contributed by atoms with Gasteiger partial charge < -0.3 is 20.3 Å². The van der Waals surface area contributed by atoms with Crippen LogP contribution in [0.25, 0.3) is 0 Å². The standard InChI is InChI=1S/C26H37NO3/c1-4-6-10-18(3)22(28)15-14-20-23(29)17-24-25(20)21-13-9-12-19(26(21)30-24)11-7-8-16-27-5-2/h9,12-15,18,20,22-25,27-29H,5,7-8,10-11,16-17H2,1-3H3/t18-,20+,22-,23-,24+,25+/m1/s1. The van der Waals surface area contributed by atoms with E-state index in [-0.39, 0.29) is 23.9 Å². The molecular formula is C26H37NO3. The van der Waals surface area contributed by atoms with Crippen molar-refractivity contribution in [1.82, 2.24) is 5.32 Å². The van der Waals surface area contributed by atoms with Crippen LogP contribution < -0.4 is 10.1 Å². The normalized spacial score (nSPS) is 26.6. The van der Waals surface area contributed by atoms with Crippen molar-refractivity contribution in [3.63, 3.8) is 0 Å². The van der Waals surface area contributed by atoms with Gasteiger partial charge in [0.05, 0.1) is 12.2 Å². The molecule has 1 saturated carbocycles. The second-order valence-electron chi connectivity index (χ2n) is 8.69. The highest BCUT2D eigenvalue weighted by atomic mass is 16.5. The molecule has 1 aliphatic carbocycles. The third-order valence-corrected chi connectivity index (χ3v) is 6.50. The van der Waals surface area contributed by atoms with Crippen LogP contribution in [0.2, 0.25) is 0 Å². The van der Waals surface area contributed by atoms with E-state index in [4.69, 9.17) is 4.74 Å². The molecule has 164 valence electrons. The summed E-state index contributed by atoms with van der Waals surface area (Å²) in [5.74, 6) is 7.15. The van der Waals surface area contributed by atoms with Gasteiger partial charge in [-0.3, -0.25) is 0 Å². The molecule has 1 heterocycles. The molecule has 0 amide bonds. The minimum atomic E-state index is -0.554. The summed E-state index contributed by atoms with van der Waals surface area (Å²) in [4.78, 5) is 0. The third kappa shape index (κ3) is 5.27. The first-order valence-electron chi connectivity index (χ1n) is 11.5. The van der Waals surface area contributed by atoms with Crippen molar-refractivity contribution in [2.24, 2.45) is 11.8 Å². The van der Waals surface area contributed by atoms with Crippen molar-refractivity contribution in [2.75, 3.05) is 13.1 Å². The molecule has 0 saturated heterocycles. The molecule has 0 unspecified atom stereocenters. The van der Waals surface area contributed by atoms with Crippen LogP contribution in [0.15, 0.2) is 30.4 Å². The number of nitrogens with one attached hydrogen (secondary N) is 1. The smallest absolute Gasteiger partial charge is 0.126 e. The zero-order chi connectivity index (χ0) is 21.5. The highest BCUT2D eigenvalue weighted by molar-refractivity contribution is 5.49. The van der Waals surface area contributed by atoms with E-state index in [0.29, 0.717) is 12.8 Å². The molecule has 0 radical (unpaired) electrons. The van der Waals surface area contributed by atoms with Gasteiger partial charge >= 0.3 is 0 Å². The first-order valence-corrected chi connectivity index (χ1v) is 11.5. The molecule has 2 aliphatic rings. The summed E-state index contributed by atoms with van der Waals surface area (Å²) >= 11 is 0. The SMILES string of the molecule is CC#CC[C@@H](C)[C@H](O)C=C[C@@H]1[C@H]2c3cccc(CCCCNCC)c3O[C@H]2C[C@H]1O. The molecule has 0 spiro atoms. The Morgan fingerprint density at radius 1 is 1.33 bits per heavy atom. The Morgan fingerprint density at radius 2 is 2.17 bits per heavy atom. The minimum absolute atomic E-state index is 0.0214. The number of hydrogen-bond donors (Lipinski definition) is 3. The molecule has 1 aromatic carbocycles. The molecule has 4 nitrogen and oxygen atoms in total. The molecule has 3 N–H and O–H groups in total. The van der Waals surface area contributed by atoms with Crippen molar-refractivity contribution in [3.8, 4) is 17.6 Å². The average molecular weight is 412 g/mol. The fraction of sp³-hybridized carbons (Fsp3) is 0.615. The van der Waals surface area contributed by atoms with Gasteiger partial charge in [0, 0.05) is 30.2 Å². The second kappa shape index (κ2) is 11.0. The number of rotatable bonds is 10. The zero-order valence-electron chi connectivity index (χ0n) is 18.6. The van der Waals surface area contributed by atoms with E-state index in [1.807, 2.05) is 26.0 Å². The summed E-state index contributed by atoms with van der Waals surface area (Å²) in [6.45, 7) is 8.03. The maximum Gasteiger partial charge on any atom is 0.126 e. The van der Waals surface area contributed by atoms with Gasteiger partial charge in [-0.05, 0) is 50.8 Å². The first kappa shape index (κ1) is 22.9. The topological polar surface area (TPSA) is 61.7 Å². The lowest BCUT2D eigenvalue weighted by atomic mass is 9.86. The predicted octanol–water partition coefficient (Wildman–Crippen LogP) is 3.81. The van der Waals surface area contributed by atoms with Crippen LogP contribution in [0.4, 0.5) is 0 Å². The van der Waals surface area contributed by atoms with Gasteiger partial charge in [0.15, 0.2) is 0 Å². The third-order valence-electron chi connectivity index (χ3n) is 6.50. The summed E-state index contributed by atoms with van der Waals surface area (Å²) in [5.41, 5.74) is 2.50. The predicted molar refractivity (Wildman–Crippen MR) is 122 cm³/mol. The van der Waals surface area contributed by atoms with Crippen LogP contribution in [0.3, 0.4) is 0 Å². The Bertz CT molecular complexity index is 778. The quantitative estimate of drug-likeness (QED) is 0.311. The number of hydrogen-bond acceptors (Lipinski definition) is 4. The van der Waals surface area contributed by atoms with Crippen LogP contribution in [0.1, 0.15) is 63.5 Å². The van der Waals surface area contributed by atoms with Gasteiger partial charge in [-0.15, -0.1) is 11.8 Å². The monoisotopic (exact) mass is 411 g/mol. The molecule has 1 aliphatic heterocycles. The molecule has 1 aromatic rings. The fourth-order valence-corrected chi connectivity index (χ4v) is 4.72. The van der Waals surface area contributed by atoms with E-state index in [1.54, 1.807) is 0 Å². The van der Waals surface area contributed by atoms with E-state index in [9.17, 15) is 10.2 Å². The number of aliphatic hydroxyl groups excluding tert-OH is 2. The van der Waals surface area contributed by atoms with Crippen molar-refractivity contribution >= 4 is 0 Å². The van der Waals surface area contributed by atoms with E-state index in [2.05, 4.69) is 42.3 Å². The van der Waals surface area contributed by atoms with Gasteiger partial charge in [0.25, 0.3) is 0 Å². The lowest BCUT2D eigenvalue weighted by Gasteiger charge is -2.19. The number of aliphatic hydroxyl groups is 2. The van der Waals surface area contributed by atoms with Gasteiger partial charge in [0.1, 0.15) is 11.9 Å². The van der Waals surface area contributed by atoms with Crippen LogP contribution in [-0.4, -0.2) is 41.6 Å². The number of para-hydroxylation sites is 1. The largest absolute Gasteiger partial charge is 0.489 e. The fourth-order valence-electron chi connectivity index (χ4n) is 4.72. The van der Waals surface area contributed by atoms with E-state index in [1.165, 1.54) is 11.1 Å².